The molecule has 8 heteroatoms. The Morgan fingerprint density at radius 2 is 1.82 bits per heavy atom. The molecule has 2 nitrogen and oxygen atoms in total. The Hall–Kier alpha value is -0.920. The summed E-state index contributed by atoms with van der Waals surface area (Å²) in [7, 11) is 0. The van der Waals surface area contributed by atoms with Crippen molar-refractivity contribution in [2.75, 3.05) is 5.32 Å². The SMILES string of the molecule is Oc1c(Br)cc(Br)cc1CNc1cc(C(F)(F)F)ccc1Cl. The molecule has 2 aromatic rings. The van der Waals surface area contributed by atoms with E-state index in [2.05, 4.69) is 37.2 Å². The van der Waals surface area contributed by atoms with Gasteiger partial charge in [-0.25, -0.2) is 0 Å². The van der Waals surface area contributed by atoms with Gasteiger partial charge in [-0.1, -0.05) is 27.5 Å². The zero-order valence-corrected chi connectivity index (χ0v) is 14.7. The van der Waals surface area contributed by atoms with Crippen molar-refractivity contribution >= 4 is 49.1 Å². The standard InChI is InChI=1S/C14H9Br2ClF3NO/c15-9-3-7(13(22)10(16)5-9)6-21-12-4-8(14(18,19)20)1-2-11(12)17/h1-5,21-22H,6H2. The van der Waals surface area contributed by atoms with Crippen LogP contribution in [-0.2, 0) is 12.7 Å². The van der Waals surface area contributed by atoms with Crippen molar-refractivity contribution in [1.29, 1.82) is 0 Å². The van der Waals surface area contributed by atoms with Gasteiger partial charge in [0.15, 0.2) is 0 Å². The summed E-state index contributed by atoms with van der Waals surface area (Å²) in [4.78, 5) is 0. The number of hydrogen-bond donors (Lipinski definition) is 2. The van der Waals surface area contributed by atoms with Crippen LogP contribution in [0.25, 0.3) is 0 Å². The van der Waals surface area contributed by atoms with E-state index in [0.717, 1.165) is 16.6 Å². The lowest BCUT2D eigenvalue weighted by Gasteiger charge is -2.13. The molecular formula is C14H9Br2ClF3NO. The second kappa shape index (κ2) is 6.68. The number of phenolic OH excluding ortho intramolecular Hbond substituents is 1. The highest BCUT2D eigenvalue weighted by Gasteiger charge is 2.30. The lowest BCUT2D eigenvalue weighted by atomic mass is 10.1. The molecule has 0 aliphatic carbocycles. The molecule has 0 heterocycles. The van der Waals surface area contributed by atoms with Gasteiger partial charge in [-0.3, -0.25) is 0 Å². The monoisotopic (exact) mass is 457 g/mol. The Morgan fingerprint density at radius 3 is 2.45 bits per heavy atom. The number of hydrogen-bond acceptors (Lipinski definition) is 2. The van der Waals surface area contributed by atoms with Crippen LogP contribution in [0.15, 0.2) is 39.3 Å². The van der Waals surface area contributed by atoms with E-state index in [-0.39, 0.29) is 23.0 Å². The summed E-state index contributed by atoms with van der Waals surface area (Å²) in [5.74, 6) is 0.0128. The van der Waals surface area contributed by atoms with Crippen molar-refractivity contribution in [1.82, 2.24) is 0 Å². The largest absolute Gasteiger partial charge is 0.506 e. The zero-order valence-electron chi connectivity index (χ0n) is 10.8. The highest BCUT2D eigenvalue weighted by Crippen LogP contribution is 2.35. The van der Waals surface area contributed by atoms with Crippen LogP contribution in [0.3, 0.4) is 0 Å². The molecule has 0 saturated heterocycles. The molecule has 0 aliphatic heterocycles. The first-order valence-electron chi connectivity index (χ1n) is 5.96. The fourth-order valence-corrected chi connectivity index (χ4v) is 3.28. The molecule has 0 atom stereocenters. The highest BCUT2D eigenvalue weighted by atomic mass is 79.9. The van der Waals surface area contributed by atoms with Gasteiger partial charge in [0.2, 0.25) is 0 Å². The second-order valence-corrected chi connectivity index (χ2v) is 6.62. The first-order chi connectivity index (χ1) is 10.2. The fraction of sp³-hybridized carbons (Fsp3) is 0.143. The maximum atomic E-state index is 12.7. The van der Waals surface area contributed by atoms with E-state index in [1.807, 2.05) is 0 Å². The van der Waals surface area contributed by atoms with Crippen molar-refractivity contribution in [3.05, 3.63) is 55.4 Å². The van der Waals surface area contributed by atoms with Crippen molar-refractivity contribution in [2.45, 2.75) is 12.7 Å². The Bertz CT molecular complexity index is 707. The molecule has 0 amide bonds. The third kappa shape index (κ3) is 4.08. The second-order valence-electron chi connectivity index (χ2n) is 4.44. The summed E-state index contributed by atoms with van der Waals surface area (Å²) >= 11 is 12.4. The van der Waals surface area contributed by atoms with Crippen LogP contribution >= 0.6 is 43.5 Å². The minimum absolute atomic E-state index is 0.0128. The minimum Gasteiger partial charge on any atom is -0.506 e. The molecule has 2 rings (SSSR count). The van der Waals surface area contributed by atoms with E-state index in [1.54, 1.807) is 12.1 Å². The zero-order chi connectivity index (χ0) is 16.5. The predicted molar refractivity (Wildman–Crippen MR) is 87.3 cm³/mol. The molecule has 0 unspecified atom stereocenters. The van der Waals surface area contributed by atoms with E-state index in [1.165, 1.54) is 6.07 Å². The first kappa shape index (κ1) is 17.4. The van der Waals surface area contributed by atoms with Gasteiger partial charge in [-0.15, -0.1) is 0 Å². The molecule has 0 aliphatic rings. The average molecular weight is 459 g/mol. The third-order valence-electron chi connectivity index (χ3n) is 2.87. The highest BCUT2D eigenvalue weighted by molar-refractivity contribution is 9.11. The Labute approximate surface area is 146 Å². The molecule has 0 radical (unpaired) electrons. The van der Waals surface area contributed by atoms with Crippen LogP contribution in [0.5, 0.6) is 5.75 Å². The number of benzene rings is 2. The van der Waals surface area contributed by atoms with E-state index < -0.39 is 11.7 Å². The van der Waals surface area contributed by atoms with Crippen LogP contribution in [-0.4, -0.2) is 5.11 Å². The van der Waals surface area contributed by atoms with Crippen molar-refractivity contribution in [2.24, 2.45) is 0 Å². The number of alkyl halides is 3. The van der Waals surface area contributed by atoms with Gasteiger partial charge in [0, 0.05) is 16.6 Å². The van der Waals surface area contributed by atoms with Crippen LogP contribution in [0, 0.1) is 0 Å². The molecule has 0 bridgehead atoms. The maximum Gasteiger partial charge on any atom is 0.416 e. The maximum absolute atomic E-state index is 12.7. The first-order valence-corrected chi connectivity index (χ1v) is 7.92. The van der Waals surface area contributed by atoms with Gasteiger partial charge >= 0.3 is 6.18 Å². The molecular weight excluding hydrogens is 450 g/mol. The Kier molecular flexibility index (Phi) is 5.29. The molecule has 0 saturated carbocycles. The number of phenols is 1. The summed E-state index contributed by atoms with van der Waals surface area (Å²) in [6.07, 6.45) is -4.44. The normalized spacial score (nSPS) is 11.5. The van der Waals surface area contributed by atoms with Gasteiger partial charge in [-0.2, -0.15) is 13.2 Å². The smallest absolute Gasteiger partial charge is 0.416 e. The topological polar surface area (TPSA) is 32.3 Å². The number of halogens is 6. The number of nitrogens with one attached hydrogen (secondary N) is 1. The van der Waals surface area contributed by atoms with Crippen LogP contribution in [0.2, 0.25) is 5.02 Å². The Balaban J connectivity index is 2.25. The number of rotatable bonds is 3. The average Bonchev–Trinajstić information content (AvgIpc) is 2.41. The van der Waals surface area contributed by atoms with Gasteiger partial charge in [0.1, 0.15) is 5.75 Å². The van der Waals surface area contributed by atoms with Crippen LogP contribution in [0.4, 0.5) is 18.9 Å². The van der Waals surface area contributed by atoms with Crippen LogP contribution < -0.4 is 5.32 Å². The number of aromatic hydroxyl groups is 1. The summed E-state index contributed by atoms with van der Waals surface area (Å²) in [6, 6.07) is 6.36. The summed E-state index contributed by atoms with van der Waals surface area (Å²) in [5.41, 5.74) is -0.138. The van der Waals surface area contributed by atoms with Crippen LogP contribution in [0.1, 0.15) is 11.1 Å². The van der Waals surface area contributed by atoms with E-state index in [0.29, 0.717) is 10.0 Å². The fourth-order valence-electron chi connectivity index (χ4n) is 1.78. The van der Waals surface area contributed by atoms with E-state index in [9.17, 15) is 18.3 Å². The van der Waals surface area contributed by atoms with E-state index >= 15 is 0 Å². The lowest BCUT2D eigenvalue weighted by molar-refractivity contribution is -0.137. The van der Waals surface area contributed by atoms with Crippen molar-refractivity contribution in [3.63, 3.8) is 0 Å². The van der Waals surface area contributed by atoms with Gasteiger partial charge in [0.25, 0.3) is 0 Å². The minimum atomic E-state index is -4.44. The predicted octanol–water partition coefficient (Wildman–Crippen LogP) is 6.20. The van der Waals surface area contributed by atoms with E-state index in [4.69, 9.17) is 11.6 Å². The van der Waals surface area contributed by atoms with Crippen molar-refractivity contribution in [3.8, 4) is 5.75 Å². The summed E-state index contributed by atoms with van der Waals surface area (Å²) < 4.78 is 39.3. The van der Waals surface area contributed by atoms with Gasteiger partial charge in [-0.05, 0) is 46.3 Å². The molecule has 2 N–H and O–H groups in total. The molecule has 22 heavy (non-hydrogen) atoms. The van der Waals surface area contributed by atoms with Gasteiger partial charge < -0.3 is 10.4 Å². The molecule has 118 valence electrons. The molecule has 0 spiro atoms. The summed E-state index contributed by atoms with van der Waals surface area (Å²) in [5, 5.41) is 12.9. The van der Waals surface area contributed by atoms with Gasteiger partial charge in [0.05, 0.1) is 20.7 Å². The summed E-state index contributed by atoms with van der Waals surface area (Å²) in [6.45, 7) is 0.116. The lowest BCUT2D eigenvalue weighted by Crippen LogP contribution is -2.07. The molecule has 0 fully saturated rings. The molecule has 2 aromatic carbocycles. The number of anilines is 1. The molecule has 0 aromatic heterocycles. The van der Waals surface area contributed by atoms with Crippen molar-refractivity contribution < 1.29 is 18.3 Å². The quantitative estimate of drug-likeness (QED) is 0.573. The third-order valence-corrected chi connectivity index (χ3v) is 4.26. The Morgan fingerprint density at radius 1 is 1.14 bits per heavy atom.